The molecule has 2 aliphatic rings. The van der Waals surface area contributed by atoms with Crippen molar-refractivity contribution >= 4 is 17.9 Å². The number of hydrogen-bond donors (Lipinski definition) is 1. The summed E-state index contributed by atoms with van der Waals surface area (Å²) in [5.41, 5.74) is 11.5. The number of carbonyl (C=O) groups excluding carboxylic acids is 3. The van der Waals surface area contributed by atoms with Gasteiger partial charge in [-0.3, -0.25) is 0 Å². The number of aliphatic hydroxyl groups is 1. The minimum Gasteiger partial charge on any atom is -0.467 e. The predicted octanol–water partition coefficient (Wildman–Crippen LogP) is 5.70. The van der Waals surface area contributed by atoms with Gasteiger partial charge in [0.1, 0.15) is 18.2 Å². The van der Waals surface area contributed by atoms with Crippen LogP contribution in [0.2, 0.25) is 0 Å². The molecule has 0 aliphatic carbocycles. The average Bonchev–Trinajstić information content (AvgIpc) is 3.25. The molecule has 2 heterocycles. The van der Waals surface area contributed by atoms with Crippen molar-refractivity contribution in [1.82, 2.24) is 0 Å². The molecule has 6 rings (SSSR count). The zero-order valence-corrected chi connectivity index (χ0v) is 31.2. The Morgan fingerprint density at radius 2 is 1.19 bits per heavy atom. The van der Waals surface area contributed by atoms with Crippen molar-refractivity contribution in [2.45, 2.75) is 87.9 Å². The molecule has 298 valence electrons. The van der Waals surface area contributed by atoms with Crippen molar-refractivity contribution in [2.24, 2.45) is 5.11 Å². The number of ether oxygens (including phenoxy) is 8. The van der Waals surface area contributed by atoms with Crippen molar-refractivity contribution in [3.05, 3.63) is 154 Å². The molecule has 0 saturated carbocycles. The molecule has 1 N–H and O–H groups in total. The average molecular weight is 782 g/mol. The Labute approximate surface area is 328 Å². The largest absolute Gasteiger partial charge is 0.467 e. The summed E-state index contributed by atoms with van der Waals surface area (Å²) in [6.07, 6.45) is -12.7. The highest BCUT2D eigenvalue weighted by Crippen LogP contribution is 2.36. The quantitative estimate of drug-likeness (QED) is 0.0509. The molecule has 0 spiro atoms. The first-order valence-corrected chi connectivity index (χ1v) is 18.4. The second-order valence-electron chi connectivity index (χ2n) is 13.2. The highest BCUT2D eigenvalue weighted by Gasteiger charge is 2.57. The summed E-state index contributed by atoms with van der Waals surface area (Å²) >= 11 is 0. The number of benzene rings is 4. The van der Waals surface area contributed by atoms with Crippen molar-refractivity contribution in [3.8, 4) is 0 Å². The van der Waals surface area contributed by atoms with E-state index in [4.69, 9.17) is 37.9 Å². The zero-order chi connectivity index (χ0) is 40.1. The Morgan fingerprint density at radius 1 is 0.684 bits per heavy atom. The van der Waals surface area contributed by atoms with Crippen LogP contribution in [0.15, 0.2) is 126 Å². The number of azide groups is 1. The first kappa shape index (κ1) is 41.0. The van der Waals surface area contributed by atoms with Gasteiger partial charge in [0.25, 0.3) is 0 Å². The van der Waals surface area contributed by atoms with Crippen molar-refractivity contribution in [2.75, 3.05) is 7.11 Å². The number of aliphatic hydroxyl groups excluding tert-OH is 1. The van der Waals surface area contributed by atoms with E-state index in [0.717, 1.165) is 18.2 Å². The normalized spacial score (nSPS) is 27.0. The summed E-state index contributed by atoms with van der Waals surface area (Å²) in [6.45, 7) is 1.74. The lowest BCUT2D eigenvalue weighted by molar-refractivity contribution is -0.340. The lowest BCUT2D eigenvalue weighted by Gasteiger charge is -2.48. The number of hydrogen-bond acceptors (Lipinski definition) is 13. The third kappa shape index (κ3) is 10.2. The fraction of sp³-hybridized carbons (Fsp3) is 0.357. The van der Waals surface area contributed by atoms with Gasteiger partial charge in [-0.2, -0.15) is 0 Å². The van der Waals surface area contributed by atoms with Gasteiger partial charge in [0.15, 0.2) is 30.9 Å². The maximum absolute atomic E-state index is 13.9. The molecule has 2 aliphatic heterocycles. The summed E-state index contributed by atoms with van der Waals surface area (Å²) in [5, 5.41) is 15.3. The van der Waals surface area contributed by atoms with E-state index in [9.17, 15) is 25.0 Å². The van der Waals surface area contributed by atoms with E-state index in [0.29, 0.717) is 0 Å². The molecule has 4 aromatic rings. The molecule has 0 amide bonds. The summed E-state index contributed by atoms with van der Waals surface area (Å²) in [5.74, 6) is -2.63. The van der Waals surface area contributed by atoms with Crippen LogP contribution in [-0.4, -0.2) is 91.5 Å². The lowest BCUT2D eigenvalue weighted by Crippen LogP contribution is -2.66. The molecule has 0 radical (unpaired) electrons. The molecule has 15 nitrogen and oxygen atoms in total. The van der Waals surface area contributed by atoms with Crippen molar-refractivity contribution < 1.29 is 57.4 Å². The van der Waals surface area contributed by atoms with Crippen LogP contribution in [0.1, 0.15) is 45.2 Å². The van der Waals surface area contributed by atoms with Crippen LogP contribution in [0.5, 0.6) is 0 Å². The number of esters is 3. The maximum Gasteiger partial charge on any atom is 0.338 e. The van der Waals surface area contributed by atoms with Gasteiger partial charge in [-0.1, -0.05) is 109 Å². The van der Waals surface area contributed by atoms with Crippen LogP contribution >= 0.6 is 0 Å². The molecule has 4 aromatic carbocycles. The highest BCUT2D eigenvalue weighted by molar-refractivity contribution is 5.90. The topological polar surface area (TPSA) is 194 Å². The molecule has 4 unspecified atom stereocenters. The van der Waals surface area contributed by atoms with Gasteiger partial charge < -0.3 is 43.0 Å². The van der Waals surface area contributed by atoms with E-state index >= 15 is 0 Å². The molecular weight excluding hydrogens is 738 g/mol. The molecule has 15 heteroatoms. The lowest BCUT2D eigenvalue weighted by atomic mass is 9.94. The van der Waals surface area contributed by atoms with E-state index in [1.165, 1.54) is 24.3 Å². The number of nitrogens with zero attached hydrogens (tertiary/aromatic N) is 3. The Bertz CT molecular complexity index is 1950. The smallest absolute Gasteiger partial charge is 0.338 e. The van der Waals surface area contributed by atoms with Gasteiger partial charge in [0, 0.05) is 4.91 Å². The fourth-order valence-electron chi connectivity index (χ4n) is 6.59. The Morgan fingerprint density at radius 3 is 1.70 bits per heavy atom. The van der Waals surface area contributed by atoms with Crippen LogP contribution in [0.3, 0.4) is 0 Å². The minimum absolute atomic E-state index is 0.0375. The third-order valence-electron chi connectivity index (χ3n) is 9.50. The summed E-state index contributed by atoms with van der Waals surface area (Å²) in [4.78, 5) is 44.3. The van der Waals surface area contributed by atoms with Crippen molar-refractivity contribution in [3.63, 3.8) is 0 Å². The zero-order valence-electron chi connectivity index (χ0n) is 31.2. The predicted molar refractivity (Wildman–Crippen MR) is 201 cm³/mol. The van der Waals surface area contributed by atoms with Crippen LogP contribution in [0.25, 0.3) is 10.4 Å². The first-order chi connectivity index (χ1) is 27.8. The van der Waals surface area contributed by atoms with Crippen LogP contribution in [0, 0.1) is 0 Å². The molecule has 2 fully saturated rings. The van der Waals surface area contributed by atoms with Crippen LogP contribution in [0.4, 0.5) is 0 Å². The maximum atomic E-state index is 13.9. The summed E-state index contributed by atoms with van der Waals surface area (Å²) in [6, 6.07) is 33.0. The van der Waals surface area contributed by atoms with E-state index in [1.807, 2.05) is 36.4 Å². The number of rotatable bonds is 15. The Kier molecular flexibility index (Phi) is 14.4. The van der Waals surface area contributed by atoms with Gasteiger partial charge in [0.2, 0.25) is 0 Å². The fourth-order valence-corrected chi connectivity index (χ4v) is 6.59. The molecule has 57 heavy (non-hydrogen) atoms. The van der Waals surface area contributed by atoms with Gasteiger partial charge in [-0.05, 0) is 47.3 Å². The van der Waals surface area contributed by atoms with Crippen molar-refractivity contribution in [1.29, 1.82) is 0 Å². The van der Waals surface area contributed by atoms with E-state index in [2.05, 4.69) is 10.0 Å². The SMILES string of the molecule is CCC1O[C@@H](O[C@H]2C(C(=O)OC)O[C@@H](OCc3ccccc3)C(OC(=O)c3ccccc3)[C@H]2OC(=O)c2ccccc2)C(N=[N+]=[N-])[C@@H](OCc2ccccc2)[C@H]1O. The van der Waals surface area contributed by atoms with Crippen LogP contribution < -0.4 is 0 Å². The second kappa shape index (κ2) is 20.0. The highest BCUT2D eigenvalue weighted by atomic mass is 16.8. The Balaban J connectivity index is 1.41. The van der Waals surface area contributed by atoms with E-state index < -0.39 is 79.3 Å². The molecule has 0 aromatic heterocycles. The van der Waals surface area contributed by atoms with E-state index in [1.54, 1.807) is 67.6 Å². The number of carbonyl (C=O) groups is 3. The molecule has 2 saturated heterocycles. The third-order valence-corrected chi connectivity index (χ3v) is 9.50. The Hall–Kier alpha value is -5.64. The molecular formula is C42H43N3O12. The van der Waals surface area contributed by atoms with Gasteiger partial charge in [0.05, 0.1) is 43.7 Å². The summed E-state index contributed by atoms with van der Waals surface area (Å²) < 4.78 is 48.7. The van der Waals surface area contributed by atoms with Gasteiger partial charge in [-0.25, -0.2) is 14.4 Å². The number of methoxy groups -OCH3 is 1. The molecule has 10 atom stereocenters. The first-order valence-electron chi connectivity index (χ1n) is 18.4. The minimum atomic E-state index is -1.69. The van der Waals surface area contributed by atoms with Gasteiger partial charge in [-0.15, -0.1) is 0 Å². The van der Waals surface area contributed by atoms with E-state index in [-0.39, 0.29) is 30.8 Å². The van der Waals surface area contributed by atoms with Gasteiger partial charge >= 0.3 is 17.9 Å². The second-order valence-corrected chi connectivity index (χ2v) is 13.2. The van der Waals surface area contributed by atoms with Crippen LogP contribution in [-0.2, 0) is 55.9 Å². The standard InChI is InChI=1S/C42H43N3O12/c1-3-30-32(46)33(51-24-26-16-8-4-9-17-26)31(44-45-43)41(53-30)56-34-35(54-38(47)28-20-12-6-13-21-28)37(55-39(48)29-22-14-7-15-23-29)42(57-36(34)40(49)50-2)52-25-27-18-10-5-11-19-27/h4-23,30-37,41-42,46H,3,24-25H2,1-2H3/t30?,31?,32-,33+,34+,35-,36?,37?,41-,42+/m0/s1. The monoisotopic (exact) mass is 781 g/mol. The molecule has 0 bridgehead atoms. The summed E-state index contributed by atoms with van der Waals surface area (Å²) in [7, 11) is 1.13.